The number of nitrogens with one attached hydrogen (secondary N) is 2. The van der Waals surface area contributed by atoms with Crippen molar-refractivity contribution < 1.29 is 8.42 Å². The van der Waals surface area contributed by atoms with E-state index in [1.54, 1.807) is 6.07 Å². The van der Waals surface area contributed by atoms with E-state index in [4.69, 9.17) is 0 Å². The molecule has 0 saturated heterocycles. The molecule has 0 spiro atoms. The third-order valence-corrected chi connectivity index (χ3v) is 6.52. The maximum absolute atomic E-state index is 12.5. The van der Waals surface area contributed by atoms with Crippen LogP contribution in [0.15, 0.2) is 16.3 Å². The highest BCUT2D eigenvalue weighted by Crippen LogP contribution is 2.26. The molecule has 1 saturated carbocycles. The van der Waals surface area contributed by atoms with Crippen LogP contribution < -0.4 is 10.0 Å². The van der Waals surface area contributed by atoms with Gasteiger partial charge in [0, 0.05) is 17.5 Å². The van der Waals surface area contributed by atoms with E-state index in [0.717, 1.165) is 43.0 Å². The zero-order valence-electron chi connectivity index (χ0n) is 12.2. The third-order valence-electron chi connectivity index (χ3n) is 3.87. The average molecular weight is 316 g/mol. The quantitative estimate of drug-likeness (QED) is 0.848. The van der Waals surface area contributed by atoms with Gasteiger partial charge in [0.1, 0.15) is 0 Å². The molecule has 2 N–H and O–H groups in total. The van der Waals surface area contributed by atoms with E-state index < -0.39 is 10.0 Å². The summed E-state index contributed by atoms with van der Waals surface area (Å²) in [6.07, 6.45) is 4.13. The molecule has 4 nitrogen and oxygen atoms in total. The normalized spacial score (nSPS) is 23.9. The molecule has 1 fully saturated rings. The molecule has 20 heavy (non-hydrogen) atoms. The standard InChI is InChI=1S/C14H24N2O2S2/c1-3-15-10-13-14(8-9-19-13)20(17,18)16-12-6-4-11(2)5-7-12/h8-9,11-12,15-16H,3-7,10H2,1-2H3. The molecule has 114 valence electrons. The van der Waals surface area contributed by atoms with Gasteiger partial charge in [0.05, 0.1) is 4.90 Å². The lowest BCUT2D eigenvalue weighted by Crippen LogP contribution is -2.37. The van der Waals surface area contributed by atoms with Crippen LogP contribution >= 0.6 is 11.3 Å². The van der Waals surface area contributed by atoms with E-state index in [1.165, 1.54) is 11.3 Å². The molecule has 0 aromatic carbocycles. The van der Waals surface area contributed by atoms with Crippen molar-refractivity contribution in [1.82, 2.24) is 10.0 Å². The molecule has 6 heteroatoms. The fourth-order valence-electron chi connectivity index (χ4n) is 2.60. The molecule has 0 atom stereocenters. The third kappa shape index (κ3) is 4.04. The van der Waals surface area contributed by atoms with Crippen LogP contribution in [0, 0.1) is 5.92 Å². The molecular formula is C14H24N2O2S2. The second-order valence-electron chi connectivity index (χ2n) is 5.57. The van der Waals surface area contributed by atoms with Crippen molar-refractivity contribution in [3.8, 4) is 0 Å². The van der Waals surface area contributed by atoms with Crippen LogP contribution in [0.2, 0.25) is 0 Å². The summed E-state index contributed by atoms with van der Waals surface area (Å²) in [6, 6.07) is 1.81. The molecule has 1 heterocycles. The van der Waals surface area contributed by atoms with E-state index in [-0.39, 0.29) is 6.04 Å². The first-order valence-electron chi connectivity index (χ1n) is 7.32. The summed E-state index contributed by atoms with van der Waals surface area (Å²) in [5, 5.41) is 5.04. The van der Waals surface area contributed by atoms with Gasteiger partial charge in [-0.05, 0) is 49.6 Å². The smallest absolute Gasteiger partial charge is 0.241 e. The summed E-state index contributed by atoms with van der Waals surface area (Å²) in [5.74, 6) is 0.723. The van der Waals surface area contributed by atoms with Crippen molar-refractivity contribution in [1.29, 1.82) is 0 Å². The van der Waals surface area contributed by atoms with Gasteiger partial charge >= 0.3 is 0 Å². The van der Waals surface area contributed by atoms with Crippen molar-refractivity contribution in [2.75, 3.05) is 6.54 Å². The Hall–Kier alpha value is -0.430. The SMILES string of the molecule is CCNCc1sccc1S(=O)(=O)NC1CCC(C)CC1. The molecular weight excluding hydrogens is 292 g/mol. The van der Waals surface area contributed by atoms with Gasteiger partial charge in [-0.25, -0.2) is 13.1 Å². The van der Waals surface area contributed by atoms with Crippen molar-refractivity contribution in [2.24, 2.45) is 5.92 Å². The van der Waals surface area contributed by atoms with Crippen LogP contribution in [0.3, 0.4) is 0 Å². The predicted octanol–water partition coefficient (Wildman–Crippen LogP) is 2.71. The Balaban J connectivity index is 2.04. The molecule has 1 aromatic heterocycles. The van der Waals surface area contributed by atoms with Crippen LogP contribution in [0.25, 0.3) is 0 Å². The van der Waals surface area contributed by atoms with Crippen molar-refractivity contribution in [3.63, 3.8) is 0 Å². The highest BCUT2D eigenvalue weighted by atomic mass is 32.2. The van der Waals surface area contributed by atoms with Gasteiger partial charge in [-0.15, -0.1) is 11.3 Å². The minimum absolute atomic E-state index is 0.100. The van der Waals surface area contributed by atoms with Crippen molar-refractivity contribution in [3.05, 3.63) is 16.3 Å². The summed E-state index contributed by atoms with van der Waals surface area (Å²) in [5.41, 5.74) is 0. The first-order chi connectivity index (χ1) is 9.53. The van der Waals surface area contributed by atoms with Gasteiger partial charge in [0.2, 0.25) is 10.0 Å². The average Bonchev–Trinajstić information content (AvgIpc) is 2.88. The Morgan fingerprint density at radius 2 is 2.00 bits per heavy atom. The Morgan fingerprint density at radius 3 is 2.65 bits per heavy atom. The van der Waals surface area contributed by atoms with Gasteiger partial charge in [-0.1, -0.05) is 13.8 Å². The summed E-state index contributed by atoms with van der Waals surface area (Å²) in [4.78, 5) is 1.34. The minimum atomic E-state index is -3.37. The lowest BCUT2D eigenvalue weighted by molar-refractivity contribution is 0.332. The number of hydrogen-bond acceptors (Lipinski definition) is 4. The van der Waals surface area contributed by atoms with Crippen LogP contribution in [0.4, 0.5) is 0 Å². The van der Waals surface area contributed by atoms with Crippen molar-refractivity contribution >= 4 is 21.4 Å². The molecule has 1 aromatic rings. The summed E-state index contributed by atoms with van der Waals surface area (Å²) < 4.78 is 27.9. The van der Waals surface area contributed by atoms with Crippen LogP contribution in [0.5, 0.6) is 0 Å². The largest absolute Gasteiger partial charge is 0.312 e. The van der Waals surface area contributed by atoms with Gasteiger partial charge in [0.25, 0.3) is 0 Å². The molecule has 0 radical (unpaired) electrons. The van der Waals surface area contributed by atoms with Crippen LogP contribution in [0.1, 0.15) is 44.4 Å². The maximum Gasteiger partial charge on any atom is 0.241 e. The van der Waals surface area contributed by atoms with Crippen molar-refractivity contribution in [2.45, 2.75) is 57.0 Å². The number of hydrogen-bond donors (Lipinski definition) is 2. The molecule has 2 rings (SSSR count). The Kier molecular flexibility index (Phi) is 5.60. The van der Waals surface area contributed by atoms with E-state index in [2.05, 4.69) is 17.0 Å². The summed E-state index contributed by atoms with van der Waals surface area (Å²) in [7, 11) is -3.37. The highest BCUT2D eigenvalue weighted by molar-refractivity contribution is 7.89. The topological polar surface area (TPSA) is 58.2 Å². The maximum atomic E-state index is 12.5. The summed E-state index contributed by atoms with van der Waals surface area (Å²) in [6.45, 7) is 5.71. The molecule has 1 aliphatic carbocycles. The number of sulfonamides is 1. The van der Waals surface area contributed by atoms with Crippen LogP contribution in [-0.4, -0.2) is 21.0 Å². The molecule has 0 aliphatic heterocycles. The second-order valence-corrected chi connectivity index (χ2v) is 8.25. The summed E-state index contributed by atoms with van der Waals surface area (Å²) >= 11 is 1.50. The highest BCUT2D eigenvalue weighted by Gasteiger charge is 2.26. The van der Waals surface area contributed by atoms with E-state index in [0.29, 0.717) is 11.4 Å². The fraction of sp³-hybridized carbons (Fsp3) is 0.714. The monoisotopic (exact) mass is 316 g/mol. The molecule has 1 aliphatic rings. The van der Waals surface area contributed by atoms with E-state index >= 15 is 0 Å². The fourth-order valence-corrected chi connectivity index (χ4v) is 5.31. The zero-order valence-corrected chi connectivity index (χ0v) is 13.8. The van der Waals surface area contributed by atoms with Crippen LogP contribution in [-0.2, 0) is 16.6 Å². The Morgan fingerprint density at radius 1 is 1.30 bits per heavy atom. The lowest BCUT2D eigenvalue weighted by Gasteiger charge is -2.26. The van der Waals surface area contributed by atoms with E-state index in [1.807, 2.05) is 12.3 Å². The first kappa shape index (κ1) is 15.9. The van der Waals surface area contributed by atoms with E-state index in [9.17, 15) is 8.42 Å². The number of thiophene rings is 1. The Labute approximate surface area is 126 Å². The van der Waals surface area contributed by atoms with Gasteiger partial charge in [-0.2, -0.15) is 0 Å². The first-order valence-corrected chi connectivity index (χ1v) is 9.68. The van der Waals surface area contributed by atoms with Gasteiger partial charge < -0.3 is 5.32 Å². The lowest BCUT2D eigenvalue weighted by atomic mass is 9.88. The molecule has 0 bridgehead atoms. The zero-order chi connectivity index (χ0) is 14.6. The van der Waals surface area contributed by atoms with Gasteiger partial charge in [-0.3, -0.25) is 0 Å². The number of rotatable bonds is 6. The predicted molar refractivity (Wildman–Crippen MR) is 83.4 cm³/mol. The molecule has 0 unspecified atom stereocenters. The molecule has 0 amide bonds. The minimum Gasteiger partial charge on any atom is -0.312 e. The Bertz CT molecular complexity index is 517. The van der Waals surface area contributed by atoms with Gasteiger partial charge in [0.15, 0.2) is 0 Å². The second kappa shape index (κ2) is 7.02.